The van der Waals surface area contributed by atoms with Gasteiger partial charge in [-0.2, -0.15) is 0 Å². The third-order valence-electron chi connectivity index (χ3n) is 4.31. The molecule has 0 aliphatic heterocycles. The van der Waals surface area contributed by atoms with E-state index in [1.165, 1.54) is 5.56 Å². The van der Waals surface area contributed by atoms with Gasteiger partial charge in [0.2, 0.25) is 5.89 Å². The molecule has 152 valence electrons. The van der Waals surface area contributed by atoms with Crippen LogP contribution in [0, 0.1) is 6.92 Å². The Hall–Kier alpha value is -2.83. The third-order valence-corrected chi connectivity index (χ3v) is 4.56. The van der Waals surface area contributed by atoms with Crippen molar-refractivity contribution in [2.75, 3.05) is 13.1 Å². The van der Waals surface area contributed by atoms with Gasteiger partial charge in [-0.05, 0) is 43.7 Å². The largest absolute Gasteiger partial charge is 0.444 e. The average molecular weight is 413 g/mol. The second kappa shape index (κ2) is 10.1. The average Bonchev–Trinajstić information content (AvgIpc) is 3.20. The second-order valence-electron chi connectivity index (χ2n) is 6.65. The molecule has 1 heterocycles. The number of oxazole rings is 1. The molecule has 1 atom stereocenters. The van der Waals surface area contributed by atoms with E-state index < -0.39 is 6.10 Å². The SMILES string of the molecule is CCNC(=NCc1coc(-c2ccc(C)cc2)n1)NCC(O)c1ccc(Cl)cc1. The van der Waals surface area contributed by atoms with Crippen molar-refractivity contribution < 1.29 is 9.52 Å². The highest BCUT2D eigenvalue weighted by Crippen LogP contribution is 2.19. The van der Waals surface area contributed by atoms with E-state index in [1.54, 1.807) is 30.5 Å². The highest BCUT2D eigenvalue weighted by atomic mass is 35.5. The van der Waals surface area contributed by atoms with Gasteiger partial charge in [-0.25, -0.2) is 9.98 Å². The molecular weight excluding hydrogens is 388 g/mol. The number of aliphatic hydroxyl groups excluding tert-OH is 1. The van der Waals surface area contributed by atoms with Crippen LogP contribution in [0.25, 0.3) is 11.5 Å². The van der Waals surface area contributed by atoms with Gasteiger partial charge in [0.25, 0.3) is 0 Å². The lowest BCUT2D eigenvalue weighted by atomic mass is 10.1. The molecule has 0 spiro atoms. The molecule has 3 rings (SSSR count). The number of hydrogen-bond donors (Lipinski definition) is 3. The molecule has 1 unspecified atom stereocenters. The molecule has 0 amide bonds. The van der Waals surface area contributed by atoms with E-state index in [0.29, 0.717) is 36.5 Å². The van der Waals surface area contributed by atoms with Crippen molar-refractivity contribution in [3.05, 3.63) is 76.6 Å². The van der Waals surface area contributed by atoms with Crippen molar-refractivity contribution >= 4 is 17.6 Å². The number of halogens is 1. The van der Waals surface area contributed by atoms with Crippen LogP contribution in [-0.2, 0) is 6.54 Å². The Labute approximate surface area is 175 Å². The van der Waals surface area contributed by atoms with Crippen LogP contribution < -0.4 is 10.6 Å². The molecule has 3 aromatic rings. The van der Waals surface area contributed by atoms with Crippen LogP contribution >= 0.6 is 11.6 Å². The number of rotatable bonds is 7. The van der Waals surface area contributed by atoms with Gasteiger partial charge in [0, 0.05) is 23.7 Å². The zero-order chi connectivity index (χ0) is 20.6. The zero-order valence-corrected chi connectivity index (χ0v) is 17.3. The lowest BCUT2D eigenvalue weighted by Gasteiger charge is -2.15. The van der Waals surface area contributed by atoms with E-state index in [1.807, 2.05) is 38.1 Å². The van der Waals surface area contributed by atoms with E-state index in [0.717, 1.165) is 16.8 Å². The second-order valence-corrected chi connectivity index (χ2v) is 7.09. The fourth-order valence-corrected chi connectivity index (χ4v) is 2.83. The Morgan fingerprint density at radius 3 is 2.55 bits per heavy atom. The molecular formula is C22H25ClN4O2. The highest BCUT2D eigenvalue weighted by Gasteiger charge is 2.10. The van der Waals surface area contributed by atoms with Crippen molar-refractivity contribution in [3.63, 3.8) is 0 Å². The molecule has 0 fully saturated rings. The first-order valence-corrected chi connectivity index (χ1v) is 9.90. The Kier molecular flexibility index (Phi) is 7.27. The Balaban J connectivity index is 1.60. The maximum absolute atomic E-state index is 10.3. The molecule has 0 bridgehead atoms. The molecule has 0 aliphatic carbocycles. The van der Waals surface area contributed by atoms with Gasteiger partial charge in [0.05, 0.1) is 12.6 Å². The first-order chi connectivity index (χ1) is 14.0. The molecule has 0 radical (unpaired) electrons. The minimum atomic E-state index is -0.670. The number of aliphatic hydroxyl groups is 1. The summed E-state index contributed by atoms with van der Waals surface area (Å²) in [5, 5.41) is 17.3. The maximum Gasteiger partial charge on any atom is 0.226 e. The summed E-state index contributed by atoms with van der Waals surface area (Å²) < 4.78 is 5.58. The predicted molar refractivity (Wildman–Crippen MR) is 116 cm³/mol. The Bertz CT molecular complexity index is 936. The summed E-state index contributed by atoms with van der Waals surface area (Å²) in [6, 6.07) is 15.1. The van der Waals surface area contributed by atoms with Gasteiger partial charge in [-0.1, -0.05) is 41.4 Å². The van der Waals surface area contributed by atoms with Gasteiger partial charge in [0.1, 0.15) is 12.0 Å². The van der Waals surface area contributed by atoms with Gasteiger partial charge in [-0.3, -0.25) is 0 Å². The molecule has 1 aromatic heterocycles. The molecule has 29 heavy (non-hydrogen) atoms. The quantitative estimate of drug-likeness (QED) is 0.402. The van der Waals surface area contributed by atoms with Crippen LogP contribution in [0.15, 0.2) is 64.2 Å². The van der Waals surface area contributed by atoms with Crippen LogP contribution in [0.5, 0.6) is 0 Å². The summed E-state index contributed by atoms with van der Waals surface area (Å²) in [4.78, 5) is 9.03. The smallest absolute Gasteiger partial charge is 0.226 e. The number of benzene rings is 2. The third kappa shape index (κ3) is 6.07. The molecule has 7 heteroatoms. The van der Waals surface area contributed by atoms with E-state index in [4.69, 9.17) is 16.0 Å². The van der Waals surface area contributed by atoms with Crippen LogP contribution in [0.4, 0.5) is 0 Å². The number of nitrogens with zero attached hydrogens (tertiary/aromatic N) is 2. The topological polar surface area (TPSA) is 82.7 Å². The molecule has 2 aromatic carbocycles. The fourth-order valence-electron chi connectivity index (χ4n) is 2.71. The number of nitrogens with one attached hydrogen (secondary N) is 2. The molecule has 0 saturated carbocycles. The minimum absolute atomic E-state index is 0.320. The minimum Gasteiger partial charge on any atom is -0.444 e. The Morgan fingerprint density at radius 2 is 1.86 bits per heavy atom. The summed E-state index contributed by atoms with van der Waals surface area (Å²) >= 11 is 5.89. The maximum atomic E-state index is 10.3. The van der Waals surface area contributed by atoms with Gasteiger partial charge in [-0.15, -0.1) is 0 Å². The normalized spacial score (nSPS) is 12.6. The van der Waals surface area contributed by atoms with Crippen LogP contribution in [0.3, 0.4) is 0 Å². The van der Waals surface area contributed by atoms with Crippen molar-refractivity contribution in [1.29, 1.82) is 0 Å². The van der Waals surface area contributed by atoms with Gasteiger partial charge < -0.3 is 20.2 Å². The molecule has 6 nitrogen and oxygen atoms in total. The first-order valence-electron chi connectivity index (χ1n) is 9.52. The van der Waals surface area contributed by atoms with E-state index in [2.05, 4.69) is 20.6 Å². The number of aromatic nitrogens is 1. The number of hydrogen-bond acceptors (Lipinski definition) is 4. The van der Waals surface area contributed by atoms with Crippen molar-refractivity contribution in [2.45, 2.75) is 26.5 Å². The van der Waals surface area contributed by atoms with Crippen molar-refractivity contribution in [2.24, 2.45) is 4.99 Å². The van der Waals surface area contributed by atoms with Gasteiger partial charge in [0.15, 0.2) is 5.96 Å². The van der Waals surface area contributed by atoms with E-state index >= 15 is 0 Å². The summed E-state index contributed by atoms with van der Waals surface area (Å²) in [6.45, 7) is 5.41. The molecule has 3 N–H and O–H groups in total. The number of guanidine groups is 1. The monoisotopic (exact) mass is 412 g/mol. The van der Waals surface area contributed by atoms with E-state index in [-0.39, 0.29) is 0 Å². The summed E-state index contributed by atoms with van der Waals surface area (Å²) in [5.41, 5.74) is 3.64. The van der Waals surface area contributed by atoms with Crippen LogP contribution in [0.1, 0.15) is 29.8 Å². The van der Waals surface area contributed by atoms with Crippen molar-refractivity contribution in [3.8, 4) is 11.5 Å². The molecule has 0 saturated heterocycles. The van der Waals surface area contributed by atoms with Crippen LogP contribution in [0.2, 0.25) is 5.02 Å². The predicted octanol–water partition coefficient (Wildman–Crippen LogP) is 4.09. The lowest BCUT2D eigenvalue weighted by Crippen LogP contribution is -2.39. The van der Waals surface area contributed by atoms with E-state index in [9.17, 15) is 5.11 Å². The summed E-state index contributed by atoms with van der Waals surface area (Å²) in [5.74, 6) is 1.17. The van der Waals surface area contributed by atoms with Crippen LogP contribution in [-0.4, -0.2) is 29.1 Å². The summed E-state index contributed by atoms with van der Waals surface area (Å²) in [6.07, 6.45) is 0.946. The fraction of sp³-hybridized carbons (Fsp3) is 0.273. The van der Waals surface area contributed by atoms with Gasteiger partial charge >= 0.3 is 0 Å². The zero-order valence-electron chi connectivity index (χ0n) is 16.5. The first kappa shape index (κ1) is 20.9. The Morgan fingerprint density at radius 1 is 1.14 bits per heavy atom. The van der Waals surface area contributed by atoms with Crippen molar-refractivity contribution in [1.82, 2.24) is 15.6 Å². The summed E-state index contributed by atoms with van der Waals surface area (Å²) in [7, 11) is 0. The molecule has 0 aliphatic rings. The lowest BCUT2D eigenvalue weighted by molar-refractivity contribution is 0.181. The highest BCUT2D eigenvalue weighted by molar-refractivity contribution is 6.30. The number of aryl methyl sites for hydroxylation is 1. The standard InChI is InChI=1S/C22H25ClN4O2/c1-3-24-22(26-13-20(28)16-8-10-18(23)11-9-16)25-12-19-14-29-21(27-19)17-6-4-15(2)5-7-17/h4-11,14,20,28H,3,12-13H2,1-2H3,(H2,24,25,26). The number of aliphatic imine (C=N–C) groups is 1.